The van der Waals surface area contributed by atoms with Crippen LogP contribution in [-0.4, -0.2) is 24.4 Å². The monoisotopic (exact) mass is 214 g/mol. The molecule has 0 aromatic heterocycles. The van der Waals surface area contributed by atoms with Crippen molar-refractivity contribution >= 4 is 0 Å². The highest BCUT2D eigenvalue weighted by Crippen LogP contribution is 2.51. The number of ether oxygens (including phenoxy) is 1. The van der Waals surface area contributed by atoms with E-state index in [1.165, 1.54) is 0 Å². The van der Waals surface area contributed by atoms with E-state index < -0.39 is 5.60 Å². The summed E-state index contributed by atoms with van der Waals surface area (Å²) in [5.41, 5.74) is -0.197. The summed E-state index contributed by atoms with van der Waals surface area (Å²) in [5.74, 6) is 0.730. The molecule has 2 heteroatoms. The van der Waals surface area contributed by atoms with E-state index in [0.717, 1.165) is 25.9 Å². The quantitative estimate of drug-likeness (QED) is 0.779. The third-order valence-electron chi connectivity index (χ3n) is 4.08. The Morgan fingerprint density at radius 1 is 1.47 bits per heavy atom. The number of methoxy groups -OCH3 is 1. The highest BCUT2D eigenvalue weighted by molar-refractivity contribution is 5.00. The Morgan fingerprint density at radius 2 is 2.07 bits per heavy atom. The van der Waals surface area contributed by atoms with Crippen molar-refractivity contribution in [3.8, 4) is 0 Å². The van der Waals surface area contributed by atoms with E-state index in [-0.39, 0.29) is 5.41 Å². The molecule has 0 heterocycles. The smallest absolute Gasteiger partial charge is 0.0704 e. The Labute approximate surface area is 94.0 Å². The first-order chi connectivity index (χ1) is 6.82. The summed E-state index contributed by atoms with van der Waals surface area (Å²) in [7, 11) is 1.72. The summed E-state index contributed by atoms with van der Waals surface area (Å²) in [5, 5.41) is 10.7. The second kappa shape index (κ2) is 4.42. The third-order valence-corrected chi connectivity index (χ3v) is 4.08. The number of hydrogen-bond donors (Lipinski definition) is 1. The van der Waals surface area contributed by atoms with Crippen molar-refractivity contribution in [2.75, 3.05) is 13.7 Å². The molecule has 0 bridgehead atoms. The maximum atomic E-state index is 10.7. The van der Waals surface area contributed by atoms with Gasteiger partial charge in [-0.3, -0.25) is 0 Å². The Morgan fingerprint density at radius 3 is 2.47 bits per heavy atom. The van der Waals surface area contributed by atoms with E-state index in [4.69, 9.17) is 4.74 Å². The van der Waals surface area contributed by atoms with Crippen molar-refractivity contribution in [1.29, 1.82) is 0 Å². The molecule has 0 spiro atoms. The minimum atomic E-state index is -0.484. The molecule has 1 rings (SSSR count). The molecule has 0 aromatic rings. The molecule has 0 aromatic carbocycles. The van der Waals surface area contributed by atoms with E-state index in [1.54, 1.807) is 7.11 Å². The first kappa shape index (κ1) is 13.0. The highest BCUT2D eigenvalue weighted by Gasteiger charge is 2.49. The topological polar surface area (TPSA) is 29.5 Å². The van der Waals surface area contributed by atoms with Gasteiger partial charge in [0.05, 0.1) is 5.60 Å². The van der Waals surface area contributed by atoms with Gasteiger partial charge in [-0.25, -0.2) is 0 Å². The first-order valence-corrected chi connectivity index (χ1v) is 6.03. The van der Waals surface area contributed by atoms with Gasteiger partial charge in [0, 0.05) is 13.7 Å². The normalized spacial score (nSPS) is 36.8. The van der Waals surface area contributed by atoms with Crippen LogP contribution in [0.25, 0.3) is 0 Å². The van der Waals surface area contributed by atoms with Crippen LogP contribution in [0.3, 0.4) is 0 Å². The van der Waals surface area contributed by atoms with Gasteiger partial charge in [-0.2, -0.15) is 0 Å². The van der Waals surface area contributed by atoms with Crippen LogP contribution in [0.5, 0.6) is 0 Å². The van der Waals surface area contributed by atoms with E-state index in [0.29, 0.717) is 11.8 Å². The van der Waals surface area contributed by atoms with E-state index in [1.807, 2.05) is 0 Å². The Balaban J connectivity index is 2.65. The molecule has 3 unspecified atom stereocenters. The zero-order valence-electron chi connectivity index (χ0n) is 10.8. The lowest BCUT2D eigenvalue weighted by Gasteiger charge is -2.35. The lowest BCUT2D eigenvalue weighted by atomic mass is 9.78. The molecule has 0 radical (unpaired) electrons. The molecule has 0 amide bonds. The maximum absolute atomic E-state index is 10.7. The summed E-state index contributed by atoms with van der Waals surface area (Å²) in [4.78, 5) is 0. The summed E-state index contributed by atoms with van der Waals surface area (Å²) in [6, 6.07) is 0. The fourth-order valence-electron chi connectivity index (χ4n) is 3.22. The molecule has 1 aliphatic carbocycles. The van der Waals surface area contributed by atoms with Crippen LogP contribution in [0.2, 0.25) is 0 Å². The third kappa shape index (κ3) is 2.73. The standard InChI is InChI=1S/C13H26O2/c1-10(6-7-15-5)13(14)9-12(3,4)8-11(13)2/h10-11,14H,6-9H2,1-5H3. The summed E-state index contributed by atoms with van der Waals surface area (Å²) in [6.07, 6.45) is 3.00. The zero-order chi connectivity index (χ0) is 11.7. The Bertz CT molecular complexity index is 213. The molecule has 15 heavy (non-hydrogen) atoms. The fourth-order valence-corrected chi connectivity index (χ4v) is 3.22. The van der Waals surface area contributed by atoms with Crippen LogP contribution in [-0.2, 0) is 4.74 Å². The molecule has 1 aliphatic rings. The van der Waals surface area contributed by atoms with Gasteiger partial charge in [-0.05, 0) is 36.5 Å². The summed E-state index contributed by atoms with van der Waals surface area (Å²) >= 11 is 0. The maximum Gasteiger partial charge on any atom is 0.0704 e. The predicted octanol–water partition coefficient (Wildman–Crippen LogP) is 2.85. The van der Waals surface area contributed by atoms with Crippen LogP contribution >= 0.6 is 0 Å². The summed E-state index contributed by atoms with van der Waals surface area (Å²) < 4.78 is 5.09. The predicted molar refractivity (Wildman–Crippen MR) is 62.8 cm³/mol. The molecule has 1 N–H and O–H groups in total. The molecule has 1 fully saturated rings. The molecule has 0 saturated heterocycles. The SMILES string of the molecule is COCCC(C)C1(O)CC(C)(C)CC1C. The van der Waals surface area contributed by atoms with Crippen molar-refractivity contribution < 1.29 is 9.84 Å². The Hall–Kier alpha value is -0.0800. The van der Waals surface area contributed by atoms with Crippen LogP contribution in [0.4, 0.5) is 0 Å². The number of aliphatic hydroxyl groups is 1. The minimum absolute atomic E-state index is 0.287. The van der Waals surface area contributed by atoms with Gasteiger partial charge in [-0.15, -0.1) is 0 Å². The van der Waals surface area contributed by atoms with E-state index in [2.05, 4.69) is 27.7 Å². The lowest BCUT2D eigenvalue weighted by Crippen LogP contribution is -2.40. The van der Waals surface area contributed by atoms with Gasteiger partial charge >= 0.3 is 0 Å². The van der Waals surface area contributed by atoms with Crippen LogP contribution in [0.1, 0.15) is 47.0 Å². The average molecular weight is 214 g/mol. The first-order valence-electron chi connectivity index (χ1n) is 6.03. The highest BCUT2D eigenvalue weighted by atomic mass is 16.5. The van der Waals surface area contributed by atoms with Gasteiger partial charge in [0.1, 0.15) is 0 Å². The van der Waals surface area contributed by atoms with Gasteiger partial charge in [0.2, 0.25) is 0 Å². The second-order valence-corrected chi connectivity index (χ2v) is 6.12. The van der Waals surface area contributed by atoms with E-state index in [9.17, 15) is 5.11 Å². The largest absolute Gasteiger partial charge is 0.389 e. The lowest BCUT2D eigenvalue weighted by molar-refractivity contribution is -0.0528. The molecular weight excluding hydrogens is 188 g/mol. The van der Waals surface area contributed by atoms with Crippen molar-refractivity contribution in [3.05, 3.63) is 0 Å². The molecule has 0 aliphatic heterocycles. The van der Waals surface area contributed by atoms with Crippen molar-refractivity contribution in [1.82, 2.24) is 0 Å². The fraction of sp³-hybridized carbons (Fsp3) is 1.00. The van der Waals surface area contributed by atoms with Gasteiger partial charge in [0.25, 0.3) is 0 Å². The minimum Gasteiger partial charge on any atom is -0.389 e. The molecule has 1 saturated carbocycles. The molecule has 3 atom stereocenters. The second-order valence-electron chi connectivity index (χ2n) is 6.12. The van der Waals surface area contributed by atoms with Crippen molar-refractivity contribution in [3.63, 3.8) is 0 Å². The number of hydrogen-bond acceptors (Lipinski definition) is 2. The molecule has 90 valence electrons. The van der Waals surface area contributed by atoms with Crippen LogP contribution in [0.15, 0.2) is 0 Å². The van der Waals surface area contributed by atoms with Crippen molar-refractivity contribution in [2.45, 2.75) is 52.6 Å². The van der Waals surface area contributed by atoms with Crippen molar-refractivity contribution in [2.24, 2.45) is 17.3 Å². The number of rotatable bonds is 4. The van der Waals surface area contributed by atoms with Crippen LogP contribution < -0.4 is 0 Å². The Kier molecular flexibility index (Phi) is 3.83. The average Bonchev–Trinajstić information content (AvgIpc) is 2.32. The van der Waals surface area contributed by atoms with Gasteiger partial charge in [0.15, 0.2) is 0 Å². The van der Waals surface area contributed by atoms with E-state index >= 15 is 0 Å². The zero-order valence-corrected chi connectivity index (χ0v) is 10.8. The van der Waals surface area contributed by atoms with Gasteiger partial charge in [-0.1, -0.05) is 27.7 Å². The van der Waals surface area contributed by atoms with Crippen LogP contribution in [0, 0.1) is 17.3 Å². The molecule has 2 nitrogen and oxygen atoms in total. The summed E-state index contributed by atoms with van der Waals surface area (Å²) in [6.45, 7) is 9.58. The molecular formula is C13H26O2. The van der Waals surface area contributed by atoms with Gasteiger partial charge < -0.3 is 9.84 Å².